The molecule has 0 aliphatic heterocycles. The van der Waals surface area contributed by atoms with Gasteiger partial charge in [-0.25, -0.2) is 12.7 Å². The van der Waals surface area contributed by atoms with Gasteiger partial charge in [-0.1, -0.05) is 6.92 Å². The van der Waals surface area contributed by atoms with Gasteiger partial charge in [0.25, 0.3) is 0 Å². The Labute approximate surface area is 150 Å². The molecule has 2 N–H and O–H groups in total. The second-order valence-electron chi connectivity index (χ2n) is 5.33. The summed E-state index contributed by atoms with van der Waals surface area (Å²) < 4.78 is 31.1. The molecule has 7 nitrogen and oxygen atoms in total. The molecular formula is C15H26ClN3O4S. The quantitative estimate of drug-likeness (QED) is 0.715. The lowest BCUT2D eigenvalue weighted by molar-refractivity contribution is -0.119. The summed E-state index contributed by atoms with van der Waals surface area (Å²) >= 11 is 0. The lowest BCUT2D eigenvalue weighted by atomic mass is 10.1. The molecule has 1 amide bonds. The molecule has 0 saturated heterocycles. The Kier molecular flexibility index (Phi) is 9.27. The molecular weight excluding hydrogens is 354 g/mol. The van der Waals surface area contributed by atoms with E-state index in [1.165, 1.54) is 26.2 Å². The van der Waals surface area contributed by atoms with Crippen LogP contribution in [0.25, 0.3) is 0 Å². The largest absolute Gasteiger partial charge is 0.492 e. The minimum atomic E-state index is -3.58. The second-order valence-corrected chi connectivity index (χ2v) is 7.48. The van der Waals surface area contributed by atoms with Gasteiger partial charge in [0, 0.05) is 26.6 Å². The van der Waals surface area contributed by atoms with E-state index in [4.69, 9.17) is 4.74 Å². The van der Waals surface area contributed by atoms with Gasteiger partial charge in [-0.15, -0.1) is 12.4 Å². The van der Waals surface area contributed by atoms with Crippen molar-refractivity contribution in [3.63, 3.8) is 0 Å². The molecule has 1 rings (SSSR count). The van der Waals surface area contributed by atoms with Crippen molar-refractivity contribution < 1.29 is 17.9 Å². The Balaban J connectivity index is 0.00000529. The van der Waals surface area contributed by atoms with Crippen LogP contribution in [0.2, 0.25) is 0 Å². The van der Waals surface area contributed by atoms with Crippen molar-refractivity contribution in [1.82, 2.24) is 9.62 Å². The van der Waals surface area contributed by atoms with Gasteiger partial charge >= 0.3 is 0 Å². The zero-order valence-electron chi connectivity index (χ0n) is 14.6. The van der Waals surface area contributed by atoms with Gasteiger partial charge in [0.1, 0.15) is 5.75 Å². The molecule has 24 heavy (non-hydrogen) atoms. The van der Waals surface area contributed by atoms with E-state index in [1.54, 1.807) is 20.0 Å². The molecule has 9 heteroatoms. The van der Waals surface area contributed by atoms with Crippen molar-refractivity contribution in [2.45, 2.75) is 18.7 Å². The van der Waals surface area contributed by atoms with Gasteiger partial charge in [-0.3, -0.25) is 4.79 Å². The molecule has 0 bridgehead atoms. The van der Waals surface area contributed by atoms with Crippen molar-refractivity contribution in [2.24, 2.45) is 5.92 Å². The fourth-order valence-corrected chi connectivity index (χ4v) is 2.84. The number of hydrogen-bond acceptors (Lipinski definition) is 5. The summed E-state index contributed by atoms with van der Waals surface area (Å²) in [6.45, 7) is 4.53. The Morgan fingerprint density at radius 2 is 1.96 bits per heavy atom. The third-order valence-electron chi connectivity index (χ3n) is 3.25. The molecule has 138 valence electrons. The smallest absolute Gasteiger partial charge is 0.242 e. The number of anilines is 1. The Morgan fingerprint density at radius 1 is 1.33 bits per heavy atom. The zero-order valence-corrected chi connectivity index (χ0v) is 16.3. The van der Waals surface area contributed by atoms with Crippen LogP contribution in [-0.2, 0) is 14.8 Å². The van der Waals surface area contributed by atoms with Gasteiger partial charge in [0.05, 0.1) is 17.2 Å². The minimum absolute atomic E-state index is 0. The zero-order chi connectivity index (χ0) is 17.6. The number of benzene rings is 1. The highest BCUT2D eigenvalue weighted by Crippen LogP contribution is 2.29. The number of ether oxygens (including phenoxy) is 1. The van der Waals surface area contributed by atoms with Crippen molar-refractivity contribution in [3.05, 3.63) is 18.2 Å². The Hall–Kier alpha value is -1.35. The second kappa shape index (κ2) is 9.83. The van der Waals surface area contributed by atoms with Crippen molar-refractivity contribution in [3.8, 4) is 5.75 Å². The number of nitrogens with zero attached hydrogens (tertiary/aromatic N) is 1. The summed E-state index contributed by atoms with van der Waals surface area (Å²) in [6.07, 6.45) is 0. The highest BCUT2D eigenvalue weighted by Gasteiger charge is 2.21. The van der Waals surface area contributed by atoms with Gasteiger partial charge in [0.2, 0.25) is 15.9 Å². The number of halogens is 1. The van der Waals surface area contributed by atoms with E-state index in [-0.39, 0.29) is 29.1 Å². The number of carbonyl (C=O) groups excluding carboxylic acids is 1. The fourth-order valence-electron chi connectivity index (χ4n) is 1.91. The first-order valence-electron chi connectivity index (χ1n) is 7.38. The number of amides is 1. The molecule has 0 heterocycles. The maximum absolute atomic E-state index is 12.2. The van der Waals surface area contributed by atoms with Gasteiger partial charge in [-0.05, 0) is 32.2 Å². The Morgan fingerprint density at radius 3 is 2.46 bits per heavy atom. The third kappa shape index (κ3) is 5.62. The minimum Gasteiger partial charge on any atom is -0.492 e. The normalized spacial score (nSPS) is 12.4. The van der Waals surface area contributed by atoms with E-state index < -0.39 is 10.0 Å². The fraction of sp³-hybridized carbons (Fsp3) is 0.533. The van der Waals surface area contributed by atoms with Crippen molar-refractivity contribution in [1.29, 1.82) is 0 Å². The van der Waals surface area contributed by atoms with Crippen LogP contribution in [0.4, 0.5) is 5.69 Å². The first-order chi connectivity index (χ1) is 10.7. The maximum atomic E-state index is 12.2. The molecule has 0 radical (unpaired) electrons. The summed E-state index contributed by atoms with van der Waals surface area (Å²) in [6, 6.07) is 4.44. The Bertz CT molecular complexity index is 650. The molecule has 1 aromatic carbocycles. The third-order valence-corrected chi connectivity index (χ3v) is 5.06. The van der Waals surface area contributed by atoms with E-state index in [0.29, 0.717) is 24.6 Å². The lowest BCUT2D eigenvalue weighted by Gasteiger charge is -2.17. The van der Waals surface area contributed by atoms with Crippen molar-refractivity contribution in [2.75, 3.05) is 39.6 Å². The molecule has 0 aliphatic carbocycles. The number of rotatable bonds is 8. The van der Waals surface area contributed by atoms with Crippen LogP contribution in [-0.4, -0.2) is 52.9 Å². The molecule has 0 fully saturated rings. The average molecular weight is 380 g/mol. The van der Waals surface area contributed by atoms with Crippen LogP contribution in [0.5, 0.6) is 5.75 Å². The molecule has 0 aromatic heterocycles. The van der Waals surface area contributed by atoms with Crippen LogP contribution in [0.15, 0.2) is 23.1 Å². The van der Waals surface area contributed by atoms with Crippen molar-refractivity contribution >= 4 is 34.0 Å². The van der Waals surface area contributed by atoms with Crippen LogP contribution in [0.3, 0.4) is 0 Å². The molecule has 0 spiro atoms. The number of carbonyl (C=O) groups is 1. The number of hydrogen-bond donors (Lipinski definition) is 2. The molecule has 1 aromatic rings. The summed E-state index contributed by atoms with van der Waals surface area (Å²) in [5.41, 5.74) is 0.350. The number of sulfonamides is 1. The van der Waals surface area contributed by atoms with E-state index in [9.17, 15) is 13.2 Å². The molecule has 0 aliphatic rings. The van der Waals surface area contributed by atoms with Crippen LogP contribution in [0, 0.1) is 5.92 Å². The van der Waals surface area contributed by atoms with Gasteiger partial charge in [-0.2, -0.15) is 0 Å². The topological polar surface area (TPSA) is 87.7 Å². The maximum Gasteiger partial charge on any atom is 0.242 e. The summed E-state index contributed by atoms with van der Waals surface area (Å²) in [5.74, 6) is -0.0292. The first kappa shape index (κ1) is 22.6. The summed E-state index contributed by atoms with van der Waals surface area (Å²) in [4.78, 5) is 12.3. The van der Waals surface area contributed by atoms with E-state index in [1.807, 2.05) is 6.92 Å². The first-order valence-corrected chi connectivity index (χ1v) is 8.82. The van der Waals surface area contributed by atoms with Crippen LogP contribution in [0.1, 0.15) is 13.8 Å². The van der Waals surface area contributed by atoms with Crippen LogP contribution < -0.4 is 15.4 Å². The standard InChI is InChI=1S/C15H25N3O4S.ClH/c1-6-22-14-8-7-12(23(20,21)18(4)5)9-13(14)17-15(19)11(2)10-16-3;/h7-9,11,16H,6,10H2,1-5H3,(H,17,19);1H. The molecule has 1 unspecified atom stereocenters. The highest BCUT2D eigenvalue weighted by molar-refractivity contribution is 7.89. The van der Waals surface area contributed by atoms with E-state index in [2.05, 4.69) is 10.6 Å². The lowest BCUT2D eigenvalue weighted by Crippen LogP contribution is -2.29. The molecule has 0 saturated carbocycles. The SMILES string of the molecule is CCOc1ccc(S(=O)(=O)N(C)C)cc1NC(=O)C(C)CNC.Cl. The summed E-state index contributed by atoms with van der Waals surface area (Å²) in [5, 5.41) is 5.67. The summed E-state index contributed by atoms with van der Waals surface area (Å²) in [7, 11) is 1.10. The van der Waals surface area contributed by atoms with E-state index >= 15 is 0 Å². The molecule has 1 atom stereocenters. The predicted molar refractivity (Wildman–Crippen MR) is 97.5 cm³/mol. The van der Waals surface area contributed by atoms with Crippen LogP contribution >= 0.6 is 12.4 Å². The van der Waals surface area contributed by atoms with Gasteiger partial charge < -0.3 is 15.4 Å². The predicted octanol–water partition coefficient (Wildman–Crippen LogP) is 1.55. The monoisotopic (exact) mass is 379 g/mol. The van der Waals surface area contributed by atoms with E-state index in [0.717, 1.165) is 4.31 Å². The average Bonchev–Trinajstić information content (AvgIpc) is 2.49. The highest BCUT2D eigenvalue weighted by atomic mass is 35.5. The van der Waals surface area contributed by atoms with Gasteiger partial charge in [0.15, 0.2) is 0 Å². The number of nitrogens with one attached hydrogen (secondary N) is 2.